The number of carbonyl (C=O) groups excluding carboxylic acids is 1. The third-order valence-corrected chi connectivity index (χ3v) is 3.72. The van der Waals surface area contributed by atoms with Crippen molar-refractivity contribution in [1.82, 2.24) is 5.43 Å². The number of rotatable bonds is 4. The molecule has 2 rings (SSSR count). The van der Waals surface area contributed by atoms with E-state index in [-0.39, 0.29) is 24.1 Å². The number of hydrogen-bond acceptors (Lipinski definition) is 3. The molecule has 0 atom stereocenters. The summed E-state index contributed by atoms with van der Waals surface area (Å²) in [4.78, 5) is 11.4. The predicted octanol–water partition coefficient (Wildman–Crippen LogP) is 3.08. The molecule has 2 aromatic carbocycles. The third kappa shape index (κ3) is 3.59. The molecular formula is C15H14BrFN2O2. The number of ether oxygens (including phenoxy) is 1. The molecule has 0 saturated heterocycles. The van der Waals surface area contributed by atoms with Crippen LogP contribution in [-0.2, 0) is 6.61 Å². The number of hydrogen-bond donors (Lipinski definition) is 2. The Hall–Kier alpha value is -1.92. The number of amides is 1. The molecule has 0 aliphatic rings. The average Bonchev–Trinajstić information content (AvgIpc) is 2.49. The molecule has 0 radical (unpaired) electrons. The molecule has 4 nitrogen and oxygen atoms in total. The number of hydrazine groups is 1. The van der Waals surface area contributed by atoms with Gasteiger partial charge in [0.2, 0.25) is 0 Å². The maximum atomic E-state index is 13.8. The van der Waals surface area contributed by atoms with E-state index in [1.54, 1.807) is 43.3 Å². The summed E-state index contributed by atoms with van der Waals surface area (Å²) in [5.74, 6) is 4.53. The zero-order valence-corrected chi connectivity index (χ0v) is 12.9. The van der Waals surface area contributed by atoms with Crippen LogP contribution in [0.15, 0.2) is 40.9 Å². The van der Waals surface area contributed by atoms with Crippen LogP contribution < -0.4 is 16.0 Å². The van der Waals surface area contributed by atoms with E-state index in [9.17, 15) is 9.18 Å². The molecule has 2 aromatic rings. The topological polar surface area (TPSA) is 64.3 Å². The first-order valence-electron chi connectivity index (χ1n) is 6.20. The average molecular weight is 353 g/mol. The highest BCUT2D eigenvalue weighted by Crippen LogP contribution is 2.24. The van der Waals surface area contributed by atoms with Gasteiger partial charge in [-0.1, -0.05) is 34.1 Å². The van der Waals surface area contributed by atoms with Gasteiger partial charge in [0.05, 0.1) is 0 Å². The Morgan fingerprint density at radius 3 is 2.81 bits per heavy atom. The second-order valence-electron chi connectivity index (χ2n) is 4.46. The molecule has 0 heterocycles. The van der Waals surface area contributed by atoms with Crippen molar-refractivity contribution in [3.8, 4) is 5.75 Å². The second-order valence-corrected chi connectivity index (χ2v) is 5.31. The molecule has 110 valence electrons. The van der Waals surface area contributed by atoms with E-state index >= 15 is 0 Å². The Morgan fingerprint density at radius 1 is 1.38 bits per heavy atom. The van der Waals surface area contributed by atoms with E-state index in [1.165, 1.54) is 0 Å². The van der Waals surface area contributed by atoms with E-state index in [2.05, 4.69) is 21.4 Å². The van der Waals surface area contributed by atoms with Crippen LogP contribution in [-0.4, -0.2) is 5.91 Å². The van der Waals surface area contributed by atoms with Gasteiger partial charge in [-0.25, -0.2) is 10.2 Å². The van der Waals surface area contributed by atoms with Gasteiger partial charge in [-0.2, -0.15) is 0 Å². The largest absolute Gasteiger partial charge is 0.486 e. The molecule has 21 heavy (non-hydrogen) atoms. The summed E-state index contributed by atoms with van der Waals surface area (Å²) in [5.41, 5.74) is 3.81. The normalized spacial score (nSPS) is 10.3. The van der Waals surface area contributed by atoms with Crippen molar-refractivity contribution in [2.24, 2.45) is 5.84 Å². The first kappa shape index (κ1) is 15.5. The summed E-state index contributed by atoms with van der Waals surface area (Å²) in [7, 11) is 0. The SMILES string of the molecule is Cc1cccc(OCc2ccc(C(=O)NN)cc2Br)c1F. The number of halogens is 2. The van der Waals surface area contributed by atoms with E-state index < -0.39 is 0 Å². The van der Waals surface area contributed by atoms with Crippen LogP contribution in [0.5, 0.6) is 5.75 Å². The van der Waals surface area contributed by atoms with Crippen molar-refractivity contribution in [3.63, 3.8) is 0 Å². The Morgan fingerprint density at radius 2 is 2.14 bits per heavy atom. The van der Waals surface area contributed by atoms with Crippen LogP contribution in [0.3, 0.4) is 0 Å². The zero-order chi connectivity index (χ0) is 15.4. The molecule has 0 bridgehead atoms. The smallest absolute Gasteiger partial charge is 0.265 e. The van der Waals surface area contributed by atoms with Gasteiger partial charge >= 0.3 is 0 Å². The number of nitrogens with one attached hydrogen (secondary N) is 1. The summed E-state index contributed by atoms with van der Waals surface area (Å²) >= 11 is 3.36. The molecular weight excluding hydrogens is 339 g/mol. The zero-order valence-electron chi connectivity index (χ0n) is 11.3. The minimum Gasteiger partial charge on any atom is -0.486 e. The van der Waals surface area contributed by atoms with Crippen molar-refractivity contribution in [2.45, 2.75) is 13.5 Å². The van der Waals surface area contributed by atoms with Crippen LogP contribution in [0.1, 0.15) is 21.5 Å². The molecule has 0 aromatic heterocycles. The molecule has 6 heteroatoms. The monoisotopic (exact) mass is 352 g/mol. The summed E-state index contributed by atoms with van der Waals surface area (Å²) in [6, 6.07) is 9.97. The summed E-state index contributed by atoms with van der Waals surface area (Å²) in [6.07, 6.45) is 0. The summed E-state index contributed by atoms with van der Waals surface area (Å²) in [6.45, 7) is 1.86. The van der Waals surface area contributed by atoms with Crippen LogP contribution in [0.2, 0.25) is 0 Å². The van der Waals surface area contributed by atoms with E-state index in [0.29, 0.717) is 15.6 Å². The number of carbonyl (C=O) groups is 1. The highest BCUT2D eigenvalue weighted by Gasteiger charge is 2.10. The van der Waals surface area contributed by atoms with E-state index in [0.717, 1.165) is 5.56 Å². The van der Waals surface area contributed by atoms with Gasteiger partial charge < -0.3 is 4.74 Å². The van der Waals surface area contributed by atoms with Crippen molar-refractivity contribution >= 4 is 21.8 Å². The summed E-state index contributed by atoms with van der Waals surface area (Å²) < 4.78 is 20.0. The third-order valence-electron chi connectivity index (χ3n) is 2.99. The van der Waals surface area contributed by atoms with E-state index in [4.69, 9.17) is 10.6 Å². The maximum Gasteiger partial charge on any atom is 0.265 e. The maximum absolute atomic E-state index is 13.8. The lowest BCUT2D eigenvalue weighted by Gasteiger charge is -2.10. The highest BCUT2D eigenvalue weighted by molar-refractivity contribution is 9.10. The first-order chi connectivity index (χ1) is 10.0. The van der Waals surface area contributed by atoms with Gasteiger partial charge in [0.25, 0.3) is 5.91 Å². The molecule has 0 saturated carbocycles. The van der Waals surface area contributed by atoms with Crippen molar-refractivity contribution in [1.29, 1.82) is 0 Å². The molecule has 0 aliphatic heterocycles. The van der Waals surface area contributed by atoms with Gasteiger partial charge in [-0.05, 0) is 30.7 Å². The number of benzene rings is 2. The molecule has 0 fully saturated rings. The Labute approximate surface area is 130 Å². The van der Waals surface area contributed by atoms with Gasteiger partial charge in [0, 0.05) is 15.6 Å². The van der Waals surface area contributed by atoms with Crippen molar-refractivity contribution in [3.05, 3.63) is 63.4 Å². The minimum absolute atomic E-state index is 0.186. The molecule has 1 amide bonds. The minimum atomic E-state index is -0.382. The Balaban J connectivity index is 2.13. The number of nitrogens with two attached hydrogens (primary N) is 1. The first-order valence-corrected chi connectivity index (χ1v) is 6.99. The highest BCUT2D eigenvalue weighted by atomic mass is 79.9. The van der Waals surface area contributed by atoms with Crippen LogP contribution in [0, 0.1) is 12.7 Å². The molecule has 0 spiro atoms. The summed E-state index contributed by atoms with van der Waals surface area (Å²) in [5, 5.41) is 0. The lowest BCUT2D eigenvalue weighted by molar-refractivity contribution is 0.0953. The van der Waals surface area contributed by atoms with Gasteiger partial charge in [-0.15, -0.1) is 0 Å². The lowest BCUT2D eigenvalue weighted by atomic mass is 10.1. The fourth-order valence-electron chi connectivity index (χ4n) is 1.78. The Kier molecular flexibility index (Phi) is 4.93. The number of aryl methyl sites for hydroxylation is 1. The molecule has 0 unspecified atom stereocenters. The van der Waals surface area contributed by atoms with Gasteiger partial charge in [0.1, 0.15) is 6.61 Å². The predicted molar refractivity (Wildman–Crippen MR) is 81.3 cm³/mol. The van der Waals surface area contributed by atoms with Gasteiger partial charge in [-0.3, -0.25) is 10.2 Å². The van der Waals surface area contributed by atoms with Crippen LogP contribution >= 0.6 is 15.9 Å². The van der Waals surface area contributed by atoms with E-state index in [1.807, 2.05) is 0 Å². The van der Waals surface area contributed by atoms with Gasteiger partial charge in [0.15, 0.2) is 11.6 Å². The second kappa shape index (κ2) is 6.69. The van der Waals surface area contributed by atoms with Crippen LogP contribution in [0.4, 0.5) is 4.39 Å². The fraction of sp³-hybridized carbons (Fsp3) is 0.133. The lowest BCUT2D eigenvalue weighted by Crippen LogP contribution is -2.29. The quantitative estimate of drug-likeness (QED) is 0.504. The van der Waals surface area contributed by atoms with Crippen molar-refractivity contribution in [2.75, 3.05) is 0 Å². The number of nitrogen functional groups attached to an aromatic ring is 1. The van der Waals surface area contributed by atoms with Crippen LogP contribution in [0.25, 0.3) is 0 Å². The fourth-order valence-corrected chi connectivity index (χ4v) is 2.27. The standard InChI is InChI=1S/C15H14BrFN2O2/c1-9-3-2-4-13(14(9)17)21-8-11-6-5-10(7-12(11)16)15(20)19-18/h2-7H,8,18H2,1H3,(H,19,20). The van der Waals surface area contributed by atoms with Crippen molar-refractivity contribution < 1.29 is 13.9 Å². The Bertz CT molecular complexity index is 677. The molecule has 0 aliphatic carbocycles. The molecule has 3 N–H and O–H groups in total.